The van der Waals surface area contributed by atoms with E-state index in [-0.39, 0.29) is 35.0 Å². The summed E-state index contributed by atoms with van der Waals surface area (Å²) in [6, 6.07) is 14.7. The lowest BCUT2D eigenvalue weighted by atomic mass is 9.94. The van der Waals surface area contributed by atoms with Crippen molar-refractivity contribution in [1.82, 2.24) is 20.1 Å². The molecule has 1 aliphatic rings. The second-order valence-corrected chi connectivity index (χ2v) is 10.1. The number of carbonyl (C=O) groups is 1. The number of aromatic nitrogens is 3. The van der Waals surface area contributed by atoms with Gasteiger partial charge in [-0.15, -0.1) is 21.5 Å². The van der Waals surface area contributed by atoms with E-state index in [9.17, 15) is 9.90 Å². The van der Waals surface area contributed by atoms with Gasteiger partial charge in [0.2, 0.25) is 5.89 Å². The molecule has 1 saturated heterocycles. The molecule has 3 N–H and O–H groups in total. The zero-order valence-electron chi connectivity index (χ0n) is 19.6. The first kappa shape index (κ1) is 23.2. The molecule has 1 fully saturated rings. The van der Waals surface area contributed by atoms with Crippen LogP contribution >= 0.6 is 11.3 Å². The van der Waals surface area contributed by atoms with Gasteiger partial charge in [-0.05, 0) is 50.8 Å². The summed E-state index contributed by atoms with van der Waals surface area (Å²) in [6.07, 6.45) is 2.24. The number of carbonyl (C=O) groups excluding carboxylic acids is 1. The predicted octanol–water partition coefficient (Wildman–Crippen LogP) is 4.60. The number of amides is 1. The predicted molar refractivity (Wildman–Crippen MR) is 133 cm³/mol. The van der Waals surface area contributed by atoms with Crippen LogP contribution < -0.4 is 5.73 Å². The molecule has 35 heavy (non-hydrogen) atoms. The fraction of sp³-hybridized carbons (Fsp3) is 0.308. The summed E-state index contributed by atoms with van der Waals surface area (Å²) in [5.41, 5.74) is 8.09. The van der Waals surface area contributed by atoms with Crippen molar-refractivity contribution in [2.75, 3.05) is 6.54 Å². The Hall–Kier alpha value is -3.56. The van der Waals surface area contributed by atoms with Crippen LogP contribution in [0.3, 0.4) is 0 Å². The number of hydrogen-bond acceptors (Lipinski definition) is 8. The quantitative estimate of drug-likeness (QED) is 0.406. The van der Waals surface area contributed by atoms with Crippen molar-refractivity contribution < 1.29 is 14.3 Å². The van der Waals surface area contributed by atoms with Crippen LogP contribution in [0.4, 0.5) is 0 Å². The molecule has 2 aromatic heterocycles. The van der Waals surface area contributed by atoms with Gasteiger partial charge in [0.25, 0.3) is 11.8 Å². The van der Waals surface area contributed by atoms with Gasteiger partial charge in [-0.2, -0.15) is 0 Å². The molecule has 8 nitrogen and oxygen atoms in total. The van der Waals surface area contributed by atoms with E-state index < -0.39 is 5.54 Å². The van der Waals surface area contributed by atoms with Gasteiger partial charge in [0.05, 0.1) is 22.7 Å². The number of hydrogen-bond donors (Lipinski definition) is 2. The fourth-order valence-electron chi connectivity index (χ4n) is 4.49. The molecule has 0 radical (unpaired) electrons. The molecule has 9 heteroatoms. The molecule has 2 aromatic carbocycles. The van der Waals surface area contributed by atoms with Crippen LogP contribution in [0.1, 0.15) is 58.3 Å². The Morgan fingerprint density at radius 1 is 1.23 bits per heavy atom. The maximum atomic E-state index is 13.5. The lowest BCUT2D eigenvalue weighted by molar-refractivity contribution is 0.0732. The van der Waals surface area contributed by atoms with Crippen LogP contribution in [0.5, 0.6) is 5.75 Å². The lowest BCUT2D eigenvalue weighted by Gasteiger charge is -2.23. The highest BCUT2D eigenvalue weighted by Crippen LogP contribution is 2.38. The molecule has 0 bridgehead atoms. The molecule has 0 saturated carbocycles. The van der Waals surface area contributed by atoms with E-state index >= 15 is 0 Å². The molecule has 2 unspecified atom stereocenters. The Bertz CT molecular complexity index is 1350. The average molecular weight is 490 g/mol. The summed E-state index contributed by atoms with van der Waals surface area (Å²) in [7, 11) is 0. The monoisotopic (exact) mass is 489 g/mol. The summed E-state index contributed by atoms with van der Waals surface area (Å²) in [6.45, 7) is 4.38. The van der Waals surface area contributed by atoms with E-state index in [1.165, 1.54) is 0 Å². The third-order valence-electron chi connectivity index (χ3n) is 6.26. The molecular formula is C26H27N5O3S. The SMILES string of the molecule is Cc1csc(C2CCCN2C(=O)c2cccc(-c3nnc(C(C)(N)Cc4ccccc4)o3)c2O)n1. The highest BCUT2D eigenvalue weighted by Gasteiger charge is 2.34. The number of aryl methyl sites for hydroxylation is 1. The lowest BCUT2D eigenvalue weighted by Crippen LogP contribution is -2.35. The van der Waals surface area contributed by atoms with Crippen molar-refractivity contribution in [3.63, 3.8) is 0 Å². The number of nitrogens with zero attached hydrogens (tertiary/aromatic N) is 4. The molecule has 1 amide bonds. The third kappa shape index (κ3) is 4.56. The summed E-state index contributed by atoms with van der Waals surface area (Å²) in [5.74, 6) is -0.0562. The zero-order valence-corrected chi connectivity index (χ0v) is 20.5. The van der Waals surface area contributed by atoms with Gasteiger partial charge in [0.15, 0.2) is 0 Å². The Labute approximate surface area is 207 Å². The van der Waals surface area contributed by atoms with E-state index in [1.54, 1.807) is 34.4 Å². The first-order chi connectivity index (χ1) is 16.8. The van der Waals surface area contributed by atoms with Gasteiger partial charge >= 0.3 is 0 Å². The summed E-state index contributed by atoms with van der Waals surface area (Å²) in [4.78, 5) is 19.8. The van der Waals surface area contributed by atoms with Crippen molar-refractivity contribution in [2.24, 2.45) is 5.73 Å². The Kier molecular flexibility index (Phi) is 6.12. The van der Waals surface area contributed by atoms with Crippen LogP contribution in [0.2, 0.25) is 0 Å². The minimum absolute atomic E-state index is 0.0878. The number of thiazole rings is 1. The average Bonchev–Trinajstić information content (AvgIpc) is 3.60. The number of phenols is 1. The van der Waals surface area contributed by atoms with Gasteiger partial charge in [-0.1, -0.05) is 36.4 Å². The van der Waals surface area contributed by atoms with Gasteiger partial charge in [0.1, 0.15) is 10.8 Å². The van der Waals surface area contributed by atoms with Crippen molar-refractivity contribution in [2.45, 2.75) is 44.7 Å². The summed E-state index contributed by atoms with van der Waals surface area (Å²) < 4.78 is 5.90. The normalized spacial score (nSPS) is 17.5. The van der Waals surface area contributed by atoms with E-state index in [0.717, 1.165) is 29.1 Å². The van der Waals surface area contributed by atoms with Gasteiger partial charge < -0.3 is 20.2 Å². The molecule has 4 aromatic rings. The van der Waals surface area contributed by atoms with Crippen molar-refractivity contribution in [1.29, 1.82) is 0 Å². The first-order valence-corrected chi connectivity index (χ1v) is 12.4. The smallest absolute Gasteiger partial charge is 0.258 e. The molecule has 1 aliphatic heterocycles. The number of phenolic OH excluding ortho intramolecular Hbond substituents is 1. The largest absolute Gasteiger partial charge is 0.506 e. The highest BCUT2D eigenvalue weighted by atomic mass is 32.1. The maximum Gasteiger partial charge on any atom is 0.258 e. The third-order valence-corrected chi connectivity index (χ3v) is 7.32. The Morgan fingerprint density at radius 2 is 2.03 bits per heavy atom. The number of benzene rings is 2. The van der Waals surface area contributed by atoms with Crippen LogP contribution in [0, 0.1) is 6.92 Å². The van der Waals surface area contributed by atoms with E-state index in [1.807, 2.05) is 49.6 Å². The maximum absolute atomic E-state index is 13.5. The van der Waals surface area contributed by atoms with E-state index in [0.29, 0.717) is 18.5 Å². The standard InChI is InChI=1S/C26H27N5O3S/c1-16-15-35-23(28-16)20-12-7-13-31(20)24(33)19-11-6-10-18(21(19)32)22-29-30-25(34-22)26(2,27)14-17-8-4-3-5-9-17/h3-6,8-11,15,20,32H,7,12-14,27H2,1-2H3. The first-order valence-electron chi connectivity index (χ1n) is 11.6. The molecule has 0 spiro atoms. The van der Waals surface area contributed by atoms with Crippen molar-refractivity contribution in [3.05, 3.63) is 81.6 Å². The fourth-order valence-corrected chi connectivity index (χ4v) is 5.44. The van der Waals surface area contributed by atoms with Gasteiger partial charge in [-0.25, -0.2) is 4.98 Å². The summed E-state index contributed by atoms with van der Waals surface area (Å²) >= 11 is 1.56. The van der Waals surface area contributed by atoms with Gasteiger partial charge in [-0.3, -0.25) is 4.79 Å². The minimum atomic E-state index is -0.899. The van der Waals surface area contributed by atoms with Gasteiger partial charge in [0, 0.05) is 17.6 Å². The number of likely N-dealkylation sites (tertiary alicyclic amines) is 1. The minimum Gasteiger partial charge on any atom is -0.506 e. The van der Waals surface area contributed by atoms with Crippen LogP contribution in [0.15, 0.2) is 58.3 Å². The number of rotatable bonds is 6. The number of aromatic hydroxyl groups is 1. The molecule has 180 valence electrons. The summed E-state index contributed by atoms with van der Waals surface area (Å²) in [5, 5.41) is 22.3. The molecule has 2 atom stereocenters. The van der Waals surface area contributed by atoms with Crippen molar-refractivity contribution >= 4 is 17.2 Å². The van der Waals surface area contributed by atoms with Crippen molar-refractivity contribution in [3.8, 4) is 17.2 Å². The van der Waals surface area contributed by atoms with Crippen LogP contribution in [-0.4, -0.2) is 37.6 Å². The van der Waals surface area contributed by atoms with Crippen LogP contribution in [0.25, 0.3) is 11.5 Å². The molecule has 3 heterocycles. The van der Waals surface area contributed by atoms with E-state index in [4.69, 9.17) is 10.2 Å². The Balaban J connectivity index is 1.41. The second-order valence-electron chi connectivity index (χ2n) is 9.18. The topological polar surface area (TPSA) is 118 Å². The molecular weight excluding hydrogens is 462 g/mol. The zero-order chi connectivity index (χ0) is 24.6. The number of nitrogens with two attached hydrogens (primary N) is 1. The number of para-hydroxylation sites is 1. The second kappa shape index (κ2) is 9.24. The van der Waals surface area contributed by atoms with Crippen LogP contribution in [-0.2, 0) is 12.0 Å². The molecule has 5 rings (SSSR count). The Morgan fingerprint density at radius 3 is 2.77 bits per heavy atom. The van der Waals surface area contributed by atoms with E-state index in [2.05, 4.69) is 15.2 Å². The highest BCUT2D eigenvalue weighted by molar-refractivity contribution is 7.09. The molecule has 0 aliphatic carbocycles.